The Morgan fingerprint density at radius 1 is 1.00 bits per heavy atom. The molecular formula is C21H30F6N4O4. The first-order chi connectivity index (χ1) is 16.1. The van der Waals surface area contributed by atoms with E-state index in [0.29, 0.717) is 5.41 Å². The van der Waals surface area contributed by atoms with Gasteiger partial charge in [0.25, 0.3) is 0 Å². The molecule has 1 aromatic heterocycles. The van der Waals surface area contributed by atoms with Crippen LogP contribution in [0.25, 0.3) is 0 Å². The molecule has 0 radical (unpaired) electrons. The Bertz CT molecular complexity index is 832. The maximum absolute atomic E-state index is 10.6. The number of piperidine rings is 1. The molecule has 1 atom stereocenters. The number of nitrogens with zero attached hydrogens (tertiary/aromatic N) is 4. The fraction of sp³-hybridized carbons (Fsp3) is 0.762. The van der Waals surface area contributed by atoms with Crippen LogP contribution in [0.1, 0.15) is 37.7 Å². The number of alkyl halides is 6. The van der Waals surface area contributed by atoms with Crippen molar-refractivity contribution < 1.29 is 46.1 Å². The number of carboxylic acid groups (broad SMARTS) is 2. The highest BCUT2D eigenvalue weighted by Crippen LogP contribution is 2.41. The fourth-order valence-corrected chi connectivity index (χ4v) is 4.44. The summed E-state index contributed by atoms with van der Waals surface area (Å²) in [7, 11) is 2.01. The lowest BCUT2D eigenvalue weighted by Gasteiger charge is -2.40. The minimum atomic E-state index is -5.08. The molecule has 4 rings (SSSR count). The molecule has 1 saturated carbocycles. The van der Waals surface area contributed by atoms with Crippen LogP contribution in [0.15, 0.2) is 12.4 Å². The summed E-state index contributed by atoms with van der Waals surface area (Å²) in [6, 6.07) is 0. The molecular weight excluding hydrogens is 486 g/mol. The van der Waals surface area contributed by atoms with E-state index in [2.05, 4.69) is 21.1 Å². The first-order valence-corrected chi connectivity index (χ1v) is 11.1. The van der Waals surface area contributed by atoms with Crippen LogP contribution in [0.5, 0.6) is 0 Å². The zero-order valence-electron chi connectivity index (χ0n) is 19.3. The number of rotatable bonds is 4. The van der Waals surface area contributed by atoms with E-state index in [1.54, 1.807) is 0 Å². The summed E-state index contributed by atoms with van der Waals surface area (Å²) in [5.74, 6) is -4.48. The van der Waals surface area contributed by atoms with Gasteiger partial charge in [0, 0.05) is 45.0 Å². The van der Waals surface area contributed by atoms with Crippen LogP contribution < -0.4 is 0 Å². The van der Waals surface area contributed by atoms with Gasteiger partial charge in [0.05, 0.1) is 6.20 Å². The van der Waals surface area contributed by atoms with Gasteiger partial charge in [-0.3, -0.25) is 9.58 Å². The number of halogens is 6. The standard InChI is InChI=1S/C17H28N4.2C2HF3O2/c1-19-10-16(9-18-19)12-21-8-6-17(14-21)5-2-7-20(13-17)11-15-3-4-15;2*3-2(4,5)1(6)7/h9-10,15H,2-8,11-14H2,1H3;2*(H,6,7). The van der Waals surface area contributed by atoms with Crippen LogP contribution in [-0.2, 0) is 23.2 Å². The average molecular weight is 516 g/mol. The second kappa shape index (κ2) is 11.6. The van der Waals surface area contributed by atoms with Gasteiger partial charge in [-0.1, -0.05) is 0 Å². The lowest BCUT2D eigenvalue weighted by atomic mass is 9.79. The molecule has 2 saturated heterocycles. The second-order valence-electron chi connectivity index (χ2n) is 9.37. The third-order valence-corrected chi connectivity index (χ3v) is 6.12. The van der Waals surface area contributed by atoms with E-state index in [4.69, 9.17) is 19.8 Å². The van der Waals surface area contributed by atoms with Crippen molar-refractivity contribution >= 4 is 11.9 Å². The van der Waals surface area contributed by atoms with Crippen molar-refractivity contribution in [2.45, 2.75) is 51.0 Å². The Labute approximate surface area is 198 Å². The normalized spacial score (nSPS) is 23.3. The van der Waals surface area contributed by atoms with Crippen molar-refractivity contribution in [3.8, 4) is 0 Å². The number of hydrogen-bond donors (Lipinski definition) is 2. The van der Waals surface area contributed by atoms with Crippen LogP contribution in [0.3, 0.4) is 0 Å². The monoisotopic (exact) mass is 516 g/mol. The Kier molecular flexibility index (Phi) is 9.56. The molecule has 0 aromatic carbocycles. The minimum Gasteiger partial charge on any atom is -0.475 e. The highest BCUT2D eigenvalue weighted by atomic mass is 19.4. The van der Waals surface area contributed by atoms with Gasteiger partial charge in [-0.2, -0.15) is 31.4 Å². The van der Waals surface area contributed by atoms with E-state index in [0.717, 1.165) is 12.5 Å². The van der Waals surface area contributed by atoms with E-state index in [1.165, 1.54) is 70.4 Å². The van der Waals surface area contributed by atoms with Crippen molar-refractivity contribution in [2.75, 3.05) is 32.7 Å². The smallest absolute Gasteiger partial charge is 0.475 e. The third kappa shape index (κ3) is 10.0. The lowest BCUT2D eigenvalue weighted by Crippen LogP contribution is -2.45. The summed E-state index contributed by atoms with van der Waals surface area (Å²) in [5, 5.41) is 18.5. The molecule has 2 N–H and O–H groups in total. The van der Waals surface area contributed by atoms with E-state index in [-0.39, 0.29) is 0 Å². The van der Waals surface area contributed by atoms with Gasteiger partial charge in [0.15, 0.2) is 0 Å². The van der Waals surface area contributed by atoms with Crippen molar-refractivity contribution in [3.63, 3.8) is 0 Å². The van der Waals surface area contributed by atoms with E-state index in [1.807, 2.05) is 17.9 Å². The molecule has 3 heterocycles. The highest BCUT2D eigenvalue weighted by molar-refractivity contribution is 5.73. The molecule has 0 bridgehead atoms. The largest absolute Gasteiger partial charge is 0.490 e. The van der Waals surface area contributed by atoms with Gasteiger partial charge in [0.2, 0.25) is 0 Å². The maximum Gasteiger partial charge on any atom is 0.490 e. The van der Waals surface area contributed by atoms with Crippen LogP contribution >= 0.6 is 0 Å². The summed E-state index contributed by atoms with van der Waals surface area (Å²) in [5.41, 5.74) is 1.95. The van der Waals surface area contributed by atoms with Gasteiger partial charge in [0.1, 0.15) is 0 Å². The summed E-state index contributed by atoms with van der Waals surface area (Å²) in [6.45, 7) is 7.73. The Morgan fingerprint density at radius 2 is 1.54 bits per heavy atom. The van der Waals surface area contributed by atoms with Crippen LogP contribution in [-0.4, -0.2) is 86.8 Å². The predicted octanol–water partition coefficient (Wildman–Crippen LogP) is 3.38. The second-order valence-corrected chi connectivity index (χ2v) is 9.37. The van der Waals surface area contributed by atoms with E-state index >= 15 is 0 Å². The van der Waals surface area contributed by atoms with Gasteiger partial charge in [-0.25, -0.2) is 9.59 Å². The summed E-state index contributed by atoms with van der Waals surface area (Å²) >= 11 is 0. The number of carboxylic acids is 2. The predicted molar refractivity (Wildman–Crippen MR) is 111 cm³/mol. The zero-order chi connectivity index (χ0) is 26.4. The maximum atomic E-state index is 10.6. The molecule has 3 aliphatic rings. The number of aliphatic carboxylic acids is 2. The third-order valence-electron chi connectivity index (χ3n) is 6.12. The molecule has 0 amide bonds. The first-order valence-electron chi connectivity index (χ1n) is 11.1. The van der Waals surface area contributed by atoms with Gasteiger partial charge in [-0.05, 0) is 56.5 Å². The molecule has 35 heavy (non-hydrogen) atoms. The van der Waals surface area contributed by atoms with Gasteiger partial charge < -0.3 is 15.1 Å². The molecule has 1 unspecified atom stereocenters. The van der Waals surface area contributed by atoms with Gasteiger partial charge in [-0.15, -0.1) is 0 Å². The summed E-state index contributed by atoms with van der Waals surface area (Å²) in [4.78, 5) is 23.2. The van der Waals surface area contributed by atoms with Crippen LogP contribution in [0.4, 0.5) is 26.3 Å². The fourth-order valence-electron chi connectivity index (χ4n) is 4.44. The van der Waals surface area contributed by atoms with Crippen molar-refractivity contribution in [3.05, 3.63) is 18.0 Å². The molecule has 3 fully saturated rings. The van der Waals surface area contributed by atoms with Gasteiger partial charge >= 0.3 is 24.3 Å². The van der Waals surface area contributed by atoms with E-state index in [9.17, 15) is 26.3 Å². The lowest BCUT2D eigenvalue weighted by molar-refractivity contribution is -0.193. The van der Waals surface area contributed by atoms with Crippen molar-refractivity contribution in [1.82, 2.24) is 19.6 Å². The SMILES string of the molecule is Cn1cc(CN2CCC3(CCCN(CC4CC4)C3)C2)cn1.O=C(O)C(F)(F)F.O=C(O)C(F)(F)F. The Morgan fingerprint density at radius 3 is 2.00 bits per heavy atom. The van der Waals surface area contributed by atoms with Crippen LogP contribution in [0, 0.1) is 11.3 Å². The number of aromatic nitrogens is 2. The Balaban J connectivity index is 0.000000257. The molecule has 1 spiro atoms. The Hall–Kier alpha value is -2.35. The van der Waals surface area contributed by atoms with E-state index < -0.39 is 24.3 Å². The average Bonchev–Trinajstić information content (AvgIpc) is 3.32. The number of aryl methyl sites for hydroxylation is 1. The molecule has 1 aliphatic carbocycles. The number of likely N-dealkylation sites (tertiary alicyclic amines) is 2. The minimum absolute atomic E-state index is 0.593. The molecule has 200 valence electrons. The van der Waals surface area contributed by atoms with Crippen molar-refractivity contribution in [1.29, 1.82) is 0 Å². The first kappa shape index (κ1) is 28.9. The molecule has 2 aliphatic heterocycles. The number of carbonyl (C=O) groups is 2. The van der Waals surface area contributed by atoms with Crippen molar-refractivity contribution in [2.24, 2.45) is 18.4 Å². The molecule has 8 nitrogen and oxygen atoms in total. The zero-order valence-corrected chi connectivity index (χ0v) is 19.3. The summed E-state index contributed by atoms with van der Waals surface area (Å²) < 4.78 is 65.4. The quantitative estimate of drug-likeness (QED) is 0.592. The van der Waals surface area contributed by atoms with Crippen LogP contribution in [0.2, 0.25) is 0 Å². The number of hydrogen-bond acceptors (Lipinski definition) is 5. The molecule has 1 aromatic rings. The summed E-state index contributed by atoms with van der Waals surface area (Å²) in [6.07, 6.45) is 1.23. The highest BCUT2D eigenvalue weighted by Gasteiger charge is 2.42. The molecule has 14 heteroatoms. The topological polar surface area (TPSA) is 98.9 Å².